The molecule has 0 heterocycles. The van der Waals surface area contributed by atoms with E-state index in [-0.39, 0.29) is 24.6 Å². The summed E-state index contributed by atoms with van der Waals surface area (Å²) in [5, 5.41) is 5.41. The number of amides is 2. The first-order valence-electron chi connectivity index (χ1n) is 8.75. The Hall–Kier alpha value is -2.96. The van der Waals surface area contributed by atoms with Crippen molar-refractivity contribution in [3.63, 3.8) is 0 Å². The Morgan fingerprint density at radius 1 is 1.07 bits per heavy atom. The molecule has 0 radical (unpaired) electrons. The first kappa shape index (κ1) is 18.8. The highest BCUT2D eigenvalue weighted by Crippen LogP contribution is 2.18. The lowest BCUT2D eigenvalue weighted by Gasteiger charge is -2.09. The molecule has 0 atom stereocenters. The minimum atomic E-state index is -0.763. The number of carbonyl (C=O) groups is 2. The summed E-state index contributed by atoms with van der Waals surface area (Å²) in [6.45, 7) is 0.254. The van der Waals surface area contributed by atoms with E-state index in [1.807, 2.05) is 12.1 Å². The maximum absolute atomic E-state index is 13.5. The fourth-order valence-corrected chi connectivity index (χ4v) is 2.49. The first-order chi connectivity index (χ1) is 13.0. The summed E-state index contributed by atoms with van der Waals surface area (Å²) in [4.78, 5) is 23.5. The topological polar surface area (TPSA) is 67.4 Å². The van der Waals surface area contributed by atoms with E-state index in [1.165, 1.54) is 0 Å². The van der Waals surface area contributed by atoms with Crippen LogP contribution in [-0.4, -0.2) is 31.0 Å². The van der Waals surface area contributed by atoms with Crippen molar-refractivity contribution >= 4 is 11.8 Å². The summed E-state index contributed by atoms with van der Waals surface area (Å²) < 4.78 is 32.1. The van der Waals surface area contributed by atoms with Crippen LogP contribution in [-0.2, 0) is 11.2 Å². The summed E-state index contributed by atoms with van der Waals surface area (Å²) in [5.41, 5.74) is 0.619. The fraction of sp³-hybridized carbons (Fsp3) is 0.300. The third kappa shape index (κ3) is 5.77. The van der Waals surface area contributed by atoms with E-state index in [4.69, 9.17) is 4.74 Å². The van der Waals surface area contributed by atoms with Crippen molar-refractivity contribution in [1.82, 2.24) is 10.6 Å². The number of hydrogen-bond donors (Lipinski definition) is 2. The molecule has 2 aromatic carbocycles. The molecule has 1 aliphatic carbocycles. The van der Waals surface area contributed by atoms with Crippen LogP contribution in [0.2, 0.25) is 0 Å². The Kier molecular flexibility index (Phi) is 6.01. The molecule has 27 heavy (non-hydrogen) atoms. The van der Waals surface area contributed by atoms with Gasteiger partial charge in [0.15, 0.2) is 6.61 Å². The van der Waals surface area contributed by atoms with Crippen molar-refractivity contribution in [2.75, 3.05) is 13.2 Å². The molecule has 3 rings (SSSR count). The van der Waals surface area contributed by atoms with Crippen LogP contribution >= 0.6 is 0 Å². The van der Waals surface area contributed by atoms with Crippen molar-refractivity contribution < 1.29 is 23.1 Å². The minimum absolute atomic E-state index is 0.0227. The van der Waals surface area contributed by atoms with E-state index in [1.54, 1.807) is 12.1 Å². The maximum atomic E-state index is 13.5. The van der Waals surface area contributed by atoms with Gasteiger partial charge in [0, 0.05) is 12.6 Å². The number of nitrogens with one attached hydrogen (secondary N) is 2. The normalized spacial score (nSPS) is 13.1. The number of halogens is 2. The molecule has 1 aliphatic rings. The maximum Gasteiger partial charge on any atom is 0.258 e. The lowest BCUT2D eigenvalue weighted by Crippen LogP contribution is -2.30. The fourth-order valence-electron chi connectivity index (χ4n) is 2.49. The molecular formula is C20H20F2N2O3. The third-order valence-corrected chi connectivity index (χ3v) is 4.11. The third-order valence-electron chi connectivity index (χ3n) is 4.11. The van der Waals surface area contributed by atoms with Crippen LogP contribution in [0.3, 0.4) is 0 Å². The van der Waals surface area contributed by atoms with Crippen molar-refractivity contribution in [1.29, 1.82) is 0 Å². The van der Waals surface area contributed by atoms with Gasteiger partial charge in [0.2, 0.25) is 0 Å². The summed E-state index contributed by atoms with van der Waals surface area (Å²) in [6.07, 6.45) is 2.58. The van der Waals surface area contributed by atoms with Crippen molar-refractivity contribution in [3.8, 4) is 5.75 Å². The van der Waals surface area contributed by atoms with Crippen molar-refractivity contribution in [3.05, 3.63) is 65.2 Å². The summed E-state index contributed by atoms with van der Waals surface area (Å²) >= 11 is 0. The molecule has 0 spiro atoms. The van der Waals surface area contributed by atoms with E-state index < -0.39 is 17.5 Å². The van der Waals surface area contributed by atoms with Crippen molar-refractivity contribution in [2.45, 2.75) is 25.3 Å². The van der Waals surface area contributed by atoms with E-state index in [0.29, 0.717) is 18.2 Å². The van der Waals surface area contributed by atoms with Crippen LogP contribution < -0.4 is 15.4 Å². The molecule has 2 N–H and O–H groups in total. The predicted octanol–water partition coefficient (Wildman–Crippen LogP) is 2.59. The number of ether oxygens (including phenoxy) is 1. The molecule has 1 saturated carbocycles. The Balaban J connectivity index is 1.42. The van der Waals surface area contributed by atoms with Crippen molar-refractivity contribution in [2.24, 2.45) is 0 Å². The van der Waals surface area contributed by atoms with Crippen LogP contribution in [0, 0.1) is 11.6 Å². The second kappa shape index (κ2) is 8.62. The van der Waals surface area contributed by atoms with Crippen LogP contribution in [0.25, 0.3) is 0 Å². The number of rotatable bonds is 8. The highest BCUT2D eigenvalue weighted by Gasteiger charge is 2.23. The summed E-state index contributed by atoms with van der Waals surface area (Å²) in [5.74, 6) is -1.64. The molecule has 0 aromatic heterocycles. The second-order valence-corrected chi connectivity index (χ2v) is 6.40. The van der Waals surface area contributed by atoms with Gasteiger partial charge in [-0.05, 0) is 55.2 Å². The molecule has 0 unspecified atom stereocenters. The molecule has 0 aliphatic heterocycles. The molecule has 0 saturated heterocycles. The molecular weight excluding hydrogens is 354 g/mol. The molecule has 2 amide bonds. The Labute approximate surface area is 155 Å². The van der Waals surface area contributed by atoms with E-state index in [0.717, 1.165) is 36.6 Å². The Bertz CT molecular complexity index is 820. The van der Waals surface area contributed by atoms with Gasteiger partial charge in [0.05, 0.1) is 5.56 Å². The molecule has 1 fully saturated rings. The smallest absolute Gasteiger partial charge is 0.258 e. The largest absolute Gasteiger partial charge is 0.484 e. The van der Waals surface area contributed by atoms with Crippen LogP contribution in [0.5, 0.6) is 5.75 Å². The monoisotopic (exact) mass is 374 g/mol. The minimum Gasteiger partial charge on any atom is -0.484 e. The summed E-state index contributed by atoms with van der Waals surface area (Å²) in [7, 11) is 0. The van der Waals surface area contributed by atoms with Gasteiger partial charge in [-0.1, -0.05) is 12.1 Å². The van der Waals surface area contributed by atoms with E-state index >= 15 is 0 Å². The zero-order chi connectivity index (χ0) is 19.2. The number of benzene rings is 2. The zero-order valence-corrected chi connectivity index (χ0v) is 14.6. The van der Waals surface area contributed by atoms with Crippen LogP contribution in [0.4, 0.5) is 8.78 Å². The summed E-state index contributed by atoms with van der Waals surface area (Å²) in [6, 6.07) is 10.2. The van der Waals surface area contributed by atoms with E-state index in [2.05, 4.69) is 10.6 Å². The second-order valence-electron chi connectivity index (χ2n) is 6.40. The lowest BCUT2D eigenvalue weighted by molar-refractivity contribution is -0.123. The van der Waals surface area contributed by atoms with Crippen LogP contribution in [0.15, 0.2) is 42.5 Å². The van der Waals surface area contributed by atoms with Gasteiger partial charge >= 0.3 is 0 Å². The number of hydrogen-bond acceptors (Lipinski definition) is 3. The Morgan fingerprint density at radius 3 is 2.52 bits per heavy atom. The standard InChI is InChI=1S/C20H20F2N2O3/c21-14-3-8-18(22)17(11-14)20(26)23-10-9-13-1-6-16(7-2-13)27-12-19(25)24-15-4-5-15/h1-3,6-8,11,15H,4-5,9-10,12H2,(H,23,26)(H,24,25). The average Bonchev–Trinajstić information content (AvgIpc) is 3.47. The van der Waals surface area contributed by atoms with Gasteiger partial charge in [-0.15, -0.1) is 0 Å². The SMILES string of the molecule is O=C(COc1ccc(CCNC(=O)c2cc(F)ccc2F)cc1)NC1CC1. The molecule has 5 nitrogen and oxygen atoms in total. The highest BCUT2D eigenvalue weighted by molar-refractivity contribution is 5.94. The number of carbonyl (C=O) groups excluding carboxylic acids is 2. The molecule has 2 aromatic rings. The Morgan fingerprint density at radius 2 is 1.81 bits per heavy atom. The highest BCUT2D eigenvalue weighted by atomic mass is 19.1. The van der Waals surface area contributed by atoms with Crippen LogP contribution in [0.1, 0.15) is 28.8 Å². The molecule has 142 valence electrons. The van der Waals surface area contributed by atoms with Gasteiger partial charge in [-0.2, -0.15) is 0 Å². The quantitative estimate of drug-likeness (QED) is 0.746. The zero-order valence-electron chi connectivity index (χ0n) is 14.6. The van der Waals surface area contributed by atoms with Gasteiger partial charge in [-0.25, -0.2) is 8.78 Å². The van der Waals surface area contributed by atoms with Gasteiger partial charge in [0.1, 0.15) is 17.4 Å². The average molecular weight is 374 g/mol. The molecule has 7 heteroatoms. The van der Waals surface area contributed by atoms with E-state index in [9.17, 15) is 18.4 Å². The van der Waals surface area contributed by atoms with Gasteiger partial charge in [-0.3, -0.25) is 9.59 Å². The van der Waals surface area contributed by atoms with Gasteiger partial charge < -0.3 is 15.4 Å². The van der Waals surface area contributed by atoms with Gasteiger partial charge in [0.25, 0.3) is 11.8 Å². The predicted molar refractivity (Wildman–Crippen MR) is 95.5 cm³/mol. The lowest BCUT2D eigenvalue weighted by atomic mass is 10.1. The first-order valence-corrected chi connectivity index (χ1v) is 8.75. The molecule has 0 bridgehead atoms.